The summed E-state index contributed by atoms with van der Waals surface area (Å²) < 4.78 is 2.21. The molecule has 0 aromatic carbocycles. The van der Waals surface area contributed by atoms with E-state index < -0.39 is 0 Å². The molecule has 0 spiro atoms. The van der Waals surface area contributed by atoms with Crippen molar-refractivity contribution in [3.05, 3.63) is 30.1 Å². The SMILES string of the molecule is CC(C)CN(C)c1nc2ccccn2c1CNC1CC1. The fraction of sp³-hybridized carbons (Fsp3) is 0.562. The Balaban J connectivity index is 1.92. The number of nitrogens with one attached hydrogen (secondary N) is 1. The first-order valence-corrected chi connectivity index (χ1v) is 7.55. The van der Waals surface area contributed by atoms with Gasteiger partial charge in [0.15, 0.2) is 5.82 Å². The van der Waals surface area contributed by atoms with Gasteiger partial charge in [0.25, 0.3) is 0 Å². The van der Waals surface area contributed by atoms with Gasteiger partial charge in [0.2, 0.25) is 0 Å². The lowest BCUT2D eigenvalue weighted by atomic mass is 10.2. The van der Waals surface area contributed by atoms with Crippen LogP contribution in [0.3, 0.4) is 0 Å². The first-order valence-electron chi connectivity index (χ1n) is 7.55. The van der Waals surface area contributed by atoms with Crippen molar-refractivity contribution in [3.63, 3.8) is 0 Å². The highest BCUT2D eigenvalue weighted by Crippen LogP contribution is 2.24. The summed E-state index contributed by atoms with van der Waals surface area (Å²) >= 11 is 0. The molecule has 20 heavy (non-hydrogen) atoms. The molecule has 0 saturated heterocycles. The molecule has 0 amide bonds. The molecule has 0 atom stereocenters. The smallest absolute Gasteiger partial charge is 0.152 e. The predicted octanol–water partition coefficient (Wildman–Crippen LogP) is 2.68. The largest absolute Gasteiger partial charge is 0.358 e. The summed E-state index contributed by atoms with van der Waals surface area (Å²) in [5, 5.41) is 3.61. The van der Waals surface area contributed by atoms with E-state index in [0.717, 1.165) is 24.6 Å². The second kappa shape index (κ2) is 5.44. The molecule has 4 heteroatoms. The van der Waals surface area contributed by atoms with E-state index >= 15 is 0 Å². The molecule has 0 unspecified atom stereocenters. The van der Waals surface area contributed by atoms with E-state index in [1.807, 2.05) is 6.07 Å². The zero-order chi connectivity index (χ0) is 14.1. The lowest BCUT2D eigenvalue weighted by Crippen LogP contribution is -2.25. The van der Waals surface area contributed by atoms with Crippen molar-refractivity contribution in [2.24, 2.45) is 5.92 Å². The Kier molecular flexibility index (Phi) is 3.66. The summed E-state index contributed by atoms with van der Waals surface area (Å²) in [6, 6.07) is 6.91. The van der Waals surface area contributed by atoms with E-state index in [4.69, 9.17) is 4.98 Å². The number of rotatable bonds is 6. The molecule has 1 aliphatic rings. The van der Waals surface area contributed by atoms with E-state index in [0.29, 0.717) is 12.0 Å². The zero-order valence-electron chi connectivity index (χ0n) is 12.6. The Bertz CT molecular complexity index is 583. The molecule has 0 aliphatic heterocycles. The Hall–Kier alpha value is -1.55. The number of hydrogen-bond donors (Lipinski definition) is 1. The molecule has 4 nitrogen and oxygen atoms in total. The number of fused-ring (bicyclic) bond motifs is 1. The number of anilines is 1. The molecule has 1 N–H and O–H groups in total. The van der Waals surface area contributed by atoms with E-state index in [-0.39, 0.29) is 0 Å². The van der Waals surface area contributed by atoms with Crippen molar-refractivity contribution in [2.75, 3.05) is 18.5 Å². The summed E-state index contributed by atoms with van der Waals surface area (Å²) in [4.78, 5) is 7.09. The van der Waals surface area contributed by atoms with Gasteiger partial charge in [-0.2, -0.15) is 0 Å². The first-order chi connectivity index (χ1) is 9.65. The molecule has 0 bridgehead atoms. The number of imidazole rings is 1. The van der Waals surface area contributed by atoms with Crippen LogP contribution in [0.15, 0.2) is 24.4 Å². The summed E-state index contributed by atoms with van der Waals surface area (Å²) in [5.74, 6) is 1.74. The quantitative estimate of drug-likeness (QED) is 0.877. The van der Waals surface area contributed by atoms with Crippen LogP contribution in [0.5, 0.6) is 0 Å². The molecule has 108 valence electrons. The van der Waals surface area contributed by atoms with Crippen LogP contribution in [-0.2, 0) is 6.54 Å². The zero-order valence-corrected chi connectivity index (χ0v) is 12.6. The summed E-state index contributed by atoms with van der Waals surface area (Å²) in [7, 11) is 2.14. The molecule has 2 heterocycles. The topological polar surface area (TPSA) is 32.6 Å². The minimum absolute atomic E-state index is 0.633. The van der Waals surface area contributed by atoms with Gasteiger partial charge in [0.05, 0.1) is 5.69 Å². The van der Waals surface area contributed by atoms with Crippen LogP contribution in [-0.4, -0.2) is 29.0 Å². The van der Waals surface area contributed by atoms with Gasteiger partial charge < -0.3 is 14.6 Å². The van der Waals surface area contributed by atoms with Crippen LogP contribution in [0.1, 0.15) is 32.4 Å². The number of pyridine rings is 1. The molecular weight excluding hydrogens is 248 g/mol. The lowest BCUT2D eigenvalue weighted by Gasteiger charge is -2.20. The van der Waals surface area contributed by atoms with Gasteiger partial charge in [-0.25, -0.2) is 4.98 Å². The van der Waals surface area contributed by atoms with Gasteiger partial charge in [-0.3, -0.25) is 0 Å². The van der Waals surface area contributed by atoms with Crippen LogP contribution >= 0.6 is 0 Å². The molecule has 1 fully saturated rings. The maximum absolute atomic E-state index is 4.81. The van der Waals surface area contributed by atoms with Gasteiger partial charge in [0.1, 0.15) is 5.65 Å². The van der Waals surface area contributed by atoms with Gasteiger partial charge in [-0.15, -0.1) is 0 Å². The number of hydrogen-bond acceptors (Lipinski definition) is 3. The molecule has 1 aliphatic carbocycles. The van der Waals surface area contributed by atoms with Crippen molar-refractivity contribution in [1.82, 2.24) is 14.7 Å². The Morgan fingerprint density at radius 3 is 2.90 bits per heavy atom. The van der Waals surface area contributed by atoms with Gasteiger partial charge in [-0.05, 0) is 30.9 Å². The van der Waals surface area contributed by atoms with E-state index in [9.17, 15) is 0 Å². The average molecular weight is 272 g/mol. The minimum Gasteiger partial charge on any atom is -0.358 e. The minimum atomic E-state index is 0.633. The Labute approximate surface area is 120 Å². The first kappa shape index (κ1) is 13.4. The van der Waals surface area contributed by atoms with Crippen molar-refractivity contribution in [3.8, 4) is 0 Å². The summed E-state index contributed by atoms with van der Waals surface area (Å²) in [6.45, 7) is 6.41. The predicted molar refractivity (Wildman–Crippen MR) is 83.2 cm³/mol. The van der Waals surface area contributed by atoms with Crippen LogP contribution in [0.2, 0.25) is 0 Å². The number of aromatic nitrogens is 2. The standard InChI is InChI=1S/C16H24N4/c1-12(2)11-19(3)16-14(10-17-13-7-8-13)20-9-5-4-6-15(20)18-16/h4-6,9,12-13,17H,7-8,10-11H2,1-3H3. The maximum Gasteiger partial charge on any atom is 0.152 e. The number of nitrogens with zero attached hydrogens (tertiary/aromatic N) is 3. The van der Waals surface area contributed by atoms with E-state index in [1.54, 1.807) is 0 Å². The maximum atomic E-state index is 4.81. The van der Waals surface area contributed by atoms with Crippen molar-refractivity contribution < 1.29 is 0 Å². The third kappa shape index (κ3) is 2.80. The molecule has 3 rings (SSSR count). The van der Waals surface area contributed by atoms with Gasteiger partial charge in [0, 0.05) is 32.4 Å². The molecule has 2 aromatic rings. The highest BCUT2D eigenvalue weighted by Gasteiger charge is 2.23. The van der Waals surface area contributed by atoms with Crippen LogP contribution in [0.25, 0.3) is 5.65 Å². The monoisotopic (exact) mass is 272 g/mol. The van der Waals surface area contributed by atoms with Gasteiger partial charge >= 0.3 is 0 Å². The summed E-state index contributed by atoms with van der Waals surface area (Å²) in [6.07, 6.45) is 4.74. The molecule has 1 saturated carbocycles. The molecule has 2 aromatic heterocycles. The van der Waals surface area contributed by atoms with Crippen molar-refractivity contribution in [1.29, 1.82) is 0 Å². The van der Waals surface area contributed by atoms with Crippen LogP contribution in [0.4, 0.5) is 5.82 Å². The van der Waals surface area contributed by atoms with Crippen molar-refractivity contribution in [2.45, 2.75) is 39.3 Å². The van der Waals surface area contributed by atoms with Crippen LogP contribution in [0, 0.1) is 5.92 Å². The Morgan fingerprint density at radius 2 is 2.20 bits per heavy atom. The fourth-order valence-corrected chi connectivity index (χ4v) is 2.67. The lowest BCUT2D eigenvalue weighted by molar-refractivity contribution is 0.626. The summed E-state index contributed by atoms with van der Waals surface area (Å²) in [5.41, 5.74) is 2.31. The van der Waals surface area contributed by atoms with E-state index in [1.165, 1.54) is 18.5 Å². The Morgan fingerprint density at radius 1 is 1.40 bits per heavy atom. The second-order valence-electron chi connectivity index (χ2n) is 6.24. The highest BCUT2D eigenvalue weighted by atomic mass is 15.2. The third-order valence-corrected chi connectivity index (χ3v) is 3.74. The normalized spacial score (nSPS) is 15.2. The molecule has 0 radical (unpaired) electrons. The molecular formula is C16H24N4. The van der Waals surface area contributed by atoms with E-state index in [2.05, 4.69) is 53.8 Å². The van der Waals surface area contributed by atoms with Gasteiger partial charge in [-0.1, -0.05) is 19.9 Å². The fourth-order valence-electron chi connectivity index (χ4n) is 2.67. The highest BCUT2D eigenvalue weighted by molar-refractivity contribution is 5.55. The average Bonchev–Trinajstić information content (AvgIpc) is 3.16. The van der Waals surface area contributed by atoms with Crippen LogP contribution < -0.4 is 10.2 Å². The van der Waals surface area contributed by atoms with Crippen molar-refractivity contribution >= 4 is 11.5 Å². The third-order valence-electron chi connectivity index (χ3n) is 3.74. The second-order valence-corrected chi connectivity index (χ2v) is 6.24.